The highest BCUT2D eigenvalue weighted by atomic mass is 16.5. The van der Waals surface area contributed by atoms with Crippen molar-refractivity contribution in [2.45, 2.75) is 39.3 Å². The summed E-state index contributed by atoms with van der Waals surface area (Å²) in [5.41, 5.74) is 3.14. The molecule has 1 atom stereocenters. The maximum absolute atomic E-state index is 5.76. The Morgan fingerprint density at radius 2 is 2.25 bits per heavy atom. The Bertz CT molecular complexity index is 766. The Hall–Kier alpha value is -2.45. The zero-order valence-corrected chi connectivity index (χ0v) is 16.9. The van der Waals surface area contributed by atoms with Crippen LogP contribution in [0.5, 0.6) is 0 Å². The molecule has 0 spiro atoms. The monoisotopic (exact) mass is 386 g/mol. The van der Waals surface area contributed by atoms with Crippen molar-refractivity contribution in [3.05, 3.63) is 41.3 Å². The average molecular weight is 387 g/mol. The molecule has 0 saturated carbocycles. The smallest absolute Gasteiger partial charge is 0.191 e. The van der Waals surface area contributed by atoms with E-state index in [0.29, 0.717) is 6.54 Å². The summed E-state index contributed by atoms with van der Waals surface area (Å²) in [7, 11) is 1.77. The van der Waals surface area contributed by atoms with Gasteiger partial charge in [0.25, 0.3) is 0 Å². The van der Waals surface area contributed by atoms with Crippen LogP contribution in [0.2, 0.25) is 0 Å². The molecule has 2 aromatic heterocycles. The Labute approximate surface area is 166 Å². The first-order valence-electron chi connectivity index (χ1n) is 9.78. The fourth-order valence-electron chi connectivity index (χ4n) is 3.09. The highest BCUT2D eigenvalue weighted by molar-refractivity contribution is 5.79. The number of rotatable bonds is 8. The number of nitrogens with one attached hydrogen (secondary N) is 2. The van der Waals surface area contributed by atoms with Crippen molar-refractivity contribution < 1.29 is 9.47 Å². The summed E-state index contributed by atoms with van der Waals surface area (Å²) in [6.07, 6.45) is 4.06. The van der Waals surface area contributed by atoms with E-state index < -0.39 is 0 Å². The predicted molar refractivity (Wildman–Crippen MR) is 109 cm³/mol. The van der Waals surface area contributed by atoms with Crippen molar-refractivity contribution in [2.75, 3.05) is 33.4 Å². The molecule has 1 aliphatic heterocycles. The number of ether oxygens (including phenoxy) is 2. The van der Waals surface area contributed by atoms with Crippen molar-refractivity contribution in [3.63, 3.8) is 0 Å². The summed E-state index contributed by atoms with van der Waals surface area (Å²) in [5.74, 6) is 1.59. The third-order valence-corrected chi connectivity index (χ3v) is 4.57. The van der Waals surface area contributed by atoms with Crippen molar-refractivity contribution in [1.29, 1.82) is 0 Å². The number of hydrogen-bond donors (Lipinski definition) is 2. The van der Waals surface area contributed by atoms with E-state index in [1.165, 1.54) is 0 Å². The fraction of sp³-hybridized carbons (Fsp3) is 0.550. The number of hydrogen-bond acceptors (Lipinski definition) is 5. The van der Waals surface area contributed by atoms with E-state index in [4.69, 9.17) is 9.47 Å². The van der Waals surface area contributed by atoms with Gasteiger partial charge < -0.3 is 20.1 Å². The minimum atomic E-state index is 0.266. The Morgan fingerprint density at radius 1 is 1.36 bits per heavy atom. The van der Waals surface area contributed by atoms with E-state index in [1.807, 2.05) is 36.9 Å². The lowest BCUT2D eigenvalue weighted by Gasteiger charge is -2.13. The molecule has 1 aliphatic rings. The third-order valence-electron chi connectivity index (χ3n) is 4.57. The number of guanidine groups is 1. The van der Waals surface area contributed by atoms with Gasteiger partial charge >= 0.3 is 0 Å². The lowest BCUT2D eigenvalue weighted by Crippen LogP contribution is -2.37. The summed E-state index contributed by atoms with van der Waals surface area (Å²) >= 11 is 0. The molecule has 8 nitrogen and oxygen atoms in total. The highest BCUT2D eigenvalue weighted by Crippen LogP contribution is 2.10. The van der Waals surface area contributed by atoms with Crippen molar-refractivity contribution >= 4 is 5.96 Å². The maximum Gasteiger partial charge on any atom is 0.191 e. The van der Waals surface area contributed by atoms with E-state index >= 15 is 0 Å². The summed E-state index contributed by atoms with van der Waals surface area (Å²) in [5, 5.41) is 11.1. The minimum Gasteiger partial charge on any atom is -0.379 e. The Kier molecular flexibility index (Phi) is 7.39. The second-order valence-electron chi connectivity index (χ2n) is 6.93. The molecule has 0 aromatic carbocycles. The summed E-state index contributed by atoms with van der Waals surface area (Å²) in [4.78, 5) is 8.78. The second-order valence-corrected chi connectivity index (χ2v) is 6.93. The van der Waals surface area contributed by atoms with Crippen LogP contribution in [-0.4, -0.2) is 60.2 Å². The average Bonchev–Trinajstić information content (AvgIpc) is 3.33. The predicted octanol–water partition coefficient (Wildman–Crippen LogP) is 1.74. The molecule has 3 rings (SSSR count). The molecule has 152 valence electrons. The normalized spacial score (nSPS) is 17.1. The molecule has 8 heteroatoms. The largest absolute Gasteiger partial charge is 0.379 e. The van der Waals surface area contributed by atoms with Crippen LogP contribution in [0.3, 0.4) is 0 Å². The molecule has 28 heavy (non-hydrogen) atoms. The molecule has 1 saturated heterocycles. The van der Waals surface area contributed by atoms with Crippen molar-refractivity contribution in [3.8, 4) is 5.82 Å². The van der Waals surface area contributed by atoms with Crippen LogP contribution in [0, 0.1) is 13.8 Å². The van der Waals surface area contributed by atoms with Gasteiger partial charge in [0, 0.05) is 45.2 Å². The molecule has 0 radical (unpaired) electrons. The first-order valence-corrected chi connectivity index (χ1v) is 9.78. The van der Waals surface area contributed by atoms with Gasteiger partial charge in [0.05, 0.1) is 18.4 Å². The molecular formula is C20H30N6O2. The lowest BCUT2D eigenvalue weighted by atomic mass is 10.3. The molecule has 1 unspecified atom stereocenters. The molecular weight excluding hydrogens is 356 g/mol. The summed E-state index contributed by atoms with van der Waals surface area (Å²) in [6.45, 7) is 7.74. The van der Waals surface area contributed by atoms with Gasteiger partial charge in [-0.1, -0.05) is 6.07 Å². The number of aromatic nitrogens is 3. The molecule has 1 fully saturated rings. The van der Waals surface area contributed by atoms with Crippen LogP contribution in [-0.2, 0) is 16.0 Å². The SMILES string of the molecule is CN=C(NCCCOC1CCOC1)NCc1ccc(-n2nc(C)cc2C)nc1. The minimum absolute atomic E-state index is 0.266. The van der Waals surface area contributed by atoms with E-state index in [-0.39, 0.29) is 6.10 Å². The maximum atomic E-state index is 5.76. The first-order chi connectivity index (χ1) is 13.7. The molecule has 3 heterocycles. The van der Waals surface area contributed by atoms with Gasteiger partial charge in [-0.05, 0) is 44.4 Å². The first kappa shape index (κ1) is 20.3. The standard InChI is InChI=1S/C20H30N6O2/c1-15-11-16(2)26(25-15)19-6-5-17(12-23-19)13-24-20(21-3)22-8-4-9-28-18-7-10-27-14-18/h5-6,11-12,18H,4,7-10,13-14H2,1-3H3,(H2,21,22,24). The van der Waals surface area contributed by atoms with Gasteiger partial charge in [-0.25, -0.2) is 9.67 Å². The van der Waals surface area contributed by atoms with Gasteiger partial charge in [0.2, 0.25) is 0 Å². The summed E-state index contributed by atoms with van der Waals surface area (Å²) in [6, 6.07) is 6.08. The molecule has 0 aliphatic carbocycles. The Morgan fingerprint density at radius 3 is 2.89 bits per heavy atom. The van der Waals surface area contributed by atoms with Crippen molar-refractivity contribution in [2.24, 2.45) is 4.99 Å². The second kappa shape index (κ2) is 10.2. The molecule has 0 amide bonds. The zero-order chi connectivity index (χ0) is 19.8. The van der Waals surface area contributed by atoms with Gasteiger partial charge in [0.1, 0.15) is 0 Å². The number of aliphatic imine (C=N–C) groups is 1. The van der Waals surface area contributed by atoms with Gasteiger partial charge in [0.15, 0.2) is 11.8 Å². The van der Waals surface area contributed by atoms with Gasteiger partial charge in [-0.2, -0.15) is 5.10 Å². The third kappa shape index (κ3) is 5.77. The van der Waals surface area contributed by atoms with Gasteiger partial charge in [-0.15, -0.1) is 0 Å². The van der Waals surface area contributed by atoms with Crippen LogP contribution in [0.4, 0.5) is 0 Å². The molecule has 2 N–H and O–H groups in total. The van der Waals surface area contributed by atoms with Crippen LogP contribution < -0.4 is 10.6 Å². The Balaban J connectivity index is 1.39. The number of pyridine rings is 1. The van der Waals surface area contributed by atoms with E-state index in [9.17, 15) is 0 Å². The highest BCUT2D eigenvalue weighted by Gasteiger charge is 2.15. The van der Waals surface area contributed by atoms with E-state index in [2.05, 4.69) is 31.8 Å². The van der Waals surface area contributed by atoms with Crippen LogP contribution >= 0.6 is 0 Å². The molecule has 0 bridgehead atoms. The zero-order valence-electron chi connectivity index (χ0n) is 16.9. The fourth-order valence-corrected chi connectivity index (χ4v) is 3.09. The quantitative estimate of drug-likeness (QED) is 0.408. The van der Waals surface area contributed by atoms with E-state index in [1.54, 1.807) is 7.05 Å². The summed E-state index contributed by atoms with van der Waals surface area (Å²) < 4.78 is 12.9. The van der Waals surface area contributed by atoms with Crippen LogP contribution in [0.25, 0.3) is 5.82 Å². The van der Waals surface area contributed by atoms with Crippen LogP contribution in [0.15, 0.2) is 29.4 Å². The van der Waals surface area contributed by atoms with Gasteiger partial charge in [-0.3, -0.25) is 4.99 Å². The number of aryl methyl sites for hydroxylation is 2. The van der Waals surface area contributed by atoms with Crippen LogP contribution in [0.1, 0.15) is 29.8 Å². The lowest BCUT2D eigenvalue weighted by molar-refractivity contribution is 0.0420. The number of nitrogens with zero attached hydrogens (tertiary/aromatic N) is 4. The topological polar surface area (TPSA) is 85.6 Å². The molecule has 2 aromatic rings. The van der Waals surface area contributed by atoms with E-state index in [0.717, 1.165) is 67.9 Å². The van der Waals surface area contributed by atoms with Crippen molar-refractivity contribution in [1.82, 2.24) is 25.4 Å².